The average molecular weight is 359 g/mol. The molecule has 0 atom stereocenters. The molecule has 0 unspecified atom stereocenters. The van der Waals surface area contributed by atoms with Crippen molar-refractivity contribution in [3.63, 3.8) is 0 Å². The lowest BCUT2D eigenvalue weighted by Crippen LogP contribution is -2.14. The van der Waals surface area contributed by atoms with Gasteiger partial charge >= 0.3 is 5.97 Å². The predicted molar refractivity (Wildman–Crippen MR) is 100 cm³/mol. The van der Waals surface area contributed by atoms with E-state index in [0.29, 0.717) is 23.4 Å². The molecule has 1 amide bonds. The molecule has 0 spiro atoms. The van der Waals surface area contributed by atoms with Gasteiger partial charge < -0.3 is 14.8 Å². The summed E-state index contributed by atoms with van der Waals surface area (Å²) < 4.78 is 10.3. The van der Waals surface area contributed by atoms with E-state index in [1.807, 2.05) is 29.6 Å². The molecule has 2 aromatic rings. The van der Waals surface area contributed by atoms with E-state index in [-0.39, 0.29) is 12.5 Å². The molecule has 0 saturated carbocycles. The van der Waals surface area contributed by atoms with Gasteiger partial charge in [0.25, 0.3) is 0 Å². The summed E-state index contributed by atoms with van der Waals surface area (Å²) in [5.41, 5.74) is 1.96. The van der Waals surface area contributed by atoms with Gasteiger partial charge in [0, 0.05) is 17.4 Å². The Morgan fingerprint density at radius 1 is 1.28 bits per heavy atom. The zero-order valence-corrected chi connectivity index (χ0v) is 15.2. The second-order valence-electron chi connectivity index (χ2n) is 5.18. The Labute approximate surface area is 151 Å². The highest BCUT2D eigenvalue weighted by Gasteiger charge is 2.22. The fraction of sp³-hybridized carbons (Fsp3) is 0.263. The smallest absolute Gasteiger partial charge is 0.341 e. The van der Waals surface area contributed by atoms with Crippen LogP contribution in [0, 0.1) is 0 Å². The van der Waals surface area contributed by atoms with Crippen molar-refractivity contribution < 1.29 is 19.1 Å². The maximum absolute atomic E-state index is 12.4. The SMILES string of the molecule is C=CCCC(=O)Nc1scc(-c2ccc(OC)cc2)c1C(=O)OCC. The van der Waals surface area contributed by atoms with Crippen LogP contribution < -0.4 is 10.1 Å². The fourth-order valence-corrected chi connectivity index (χ4v) is 3.23. The fourth-order valence-electron chi connectivity index (χ4n) is 2.26. The average Bonchev–Trinajstić information content (AvgIpc) is 3.03. The number of esters is 1. The van der Waals surface area contributed by atoms with Gasteiger partial charge in [0.15, 0.2) is 0 Å². The van der Waals surface area contributed by atoms with E-state index in [1.165, 1.54) is 11.3 Å². The Balaban J connectivity index is 2.36. The lowest BCUT2D eigenvalue weighted by Gasteiger charge is -2.09. The Morgan fingerprint density at radius 3 is 2.60 bits per heavy atom. The summed E-state index contributed by atoms with van der Waals surface area (Å²) in [6, 6.07) is 7.38. The third-order valence-corrected chi connectivity index (χ3v) is 4.40. The zero-order chi connectivity index (χ0) is 18.2. The Hall–Kier alpha value is -2.60. The van der Waals surface area contributed by atoms with Gasteiger partial charge in [0.2, 0.25) is 5.91 Å². The van der Waals surface area contributed by atoms with E-state index in [4.69, 9.17) is 9.47 Å². The number of amides is 1. The standard InChI is InChI=1S/C19H21NO4S/c1-4-6-7-16(21)20-18-17(19(22)24-5-2)15(12-25-18)13-8-10-14(23-3)11-9-13/h4,8-12H,1,5-7H2,2-3H3,(H,20,21). The number of rotatable bonds is 8. The van der Waals surface area contributed by atoms with Crippen LogP contribution in [0.25, 0.3) is 11.1 Å². The van der Waals surface area contributed by atoms with E-state index in [9.17, 15) is 9.59 Å². The second-order valence-corrected chi connectivity index (χ2v) is 6.06. The monoisotopic (exact) mass is 359 g/mol. The molecule has 6 heteroatoms. The first-order valence-corrected chi connectivity index (χ1v) is 8.82. The molecule has 132 valence electrons. The van der Waals surface area contributed by atoms with Gasteiger partial charge in [-0.05, 0) is 31.0 Å². The topological polar surface area (TPSA) is 64.6 Å². The molecule has 5 nitrogen and oxygen atoms in total. The van der Waals surface area contributed by atoms with E-state index in [0.717, 1.165) is 16.9 Å². The Morgan fingerprint density at radius 2 is 2.00 bits per heavy atom. The number of nitrogens with one attached hydrogen (secondary N) is 1. The molecule has 1 N–H and O–H groups in total. The van der Waals surface area contributed by atoms with Crippen molar-refractivity contribution in [1.29, 1.82) is 0 Å². The van der Waals surface area contributed by atoms with Crippen molar-refractivity contribution in [2.75, 3.05) is 19.0 Å². The summed E-state index contributed by atoms with van der Waals surface area (Å²) in [6.45, 7) is 5.62. The number of anilines is 1. The molecule has 0 fully saturated rings. The lowest BCUT2D eigenvalue weighted by atomic mass is 10.0. The first kappa shape index (κ1) is 18.7. The van der Waals surface area contributed by atoms with Crippen LogP contribution >= 0.6 is 11.3 Å². The van der Waals surface area contributed by atoms with E-state index < -0.39 is 5.97 Å². The lowest BCUT2D eigenvalue weighted by molar-refractivity contribution is -0.116. The number of ether oxygens (including phenoxy) is 2. The molecule has 2 rings (SSSR count). The van der Waals surface area contributed by atoms with Crippen molar-refractivity contribution in [2.45, 2.75) is 19.8 Å². The maximum atomic E-state index is 12.4. The van der Waals surface area contributed by atoms with Crippen LogP contribution in [-0.4, -0.2) is 25.6 Å². The third-order valence-electron chi connectivity index (χ3n) is 3.50. The molecule has 1 aromatic carbocycles. The minimum absolute atomic E-state index is 0.159. The summed E-state index contributed by atoms with van der Waals surface area (Å²) >= 11 is 1.31. The van der Waals surface area contributed by atoms with Crippen LogP contribution in [0.1, 0.15) is 30.1 Å². The number of hydrogen-bond acceptors (Lipinski definition) is 5. The van der Waals surface area contributed by atoms with Crippen LogP contribution in [0.5, 0.6) is 5.75 Å². The third kappa shape index (κ3) is 4.70. The summed E-state index contributed by atoms with van der Waals surface area (Å²) in [7, 11) is 1.60. The van der Waals surface area contributed by atoms with Crippen LogP contribution in [0.3, 0.4) is 0 Å². The molecule has 0 aliphatic rings. The van der Waals surface area contributed by atoms with Gasteiger partial charge in [-0.15, -0.1) is 17.9 Å². The zero-order valence-electron chi connectivity index (χ0n) is 14.3. The van der Waals surface area contributed by atoms with Crippen molar-refractivity contribution in [1.82, 2.24) is 0 Å². The number of methoxy groups -OCH3 is 1. The predicted octanol–water partition coefficient (Wildman–Crippen LogP) is 4.51. The molecule has 1 aromatic heterocycles. The number of allylic oxidation sites excluding steroid dienone is 1. The van der Waals surface area contributed by atoms with E-state index >= 15 is 0 Å². The largest absolute Gasteiger partial charge is 0.497 e. The van der Waals surface area contributed by atoms with Crippen molar-refractivity contribution >= 4 is 28.2 Å². The second kappa shape index (κ2) is 9.03. The first-order valence-electron chi connectivity index (χ1n) is 7.94. The summed E-state index contributed by atoms with van der Waals surface area (Å²) in [5, 5.41) is 5.15. The van der Waals surface area contributed by atoms with Crippen molar-refractivity contribution in [3.8, 4) is 16.9 Å². The quantitative estimate of drug-likeness (QED) is 0.556. The van der Waals surface area contributed by atoms with Crippen LogP contribution in [0.15, 0.2) is 42.3 Å². The van der Waals surface area contributed by atoms with Crippen LogP contribution in [-0.2, 0) is 9.53 Å². The van der Waals surface area contributed by atoms with Gasteiger partial charge in [-0.25, -0.2) is 4.79 Å². The van der Waals surface area contributed by atoms with Crippen molar-refractivity contribution in [3.05, 3.63) is 47.9 Å². The normalized spacial score (nSPS) is 10.2. The van der Waals surface area contributed by atoms with Crippen LogP contribution in [0.4, 0.5) is 5.00 Å². The van der Waals surface area contributed by atoms with Crippen molar-refractivity contribution in [2.24, 2.45) is 0 Å². The Kier molecular flexibility index (Phi) is 6.77. The van der Waals surface area contributed by atoms with Gasteiger partial charge in [0.05, 0.1) is 13.7 Å². The molecule has 0 aliphatic carbocycles. The highest BCUT2D eigenvalue weighted by atomic mass is 32.1. The highest BCUT2D eigenvalue weighted by molar-refractivity contribution is 7.15. The molecule has 0 radical (unpaired) electrons. The first-order chi connectivity index (χ1) is 12.1. The molecule has 25 heavy (non-hydrogen) atoms. The maximum Gasteiger partial charge on any atom is 0.341 e. The number of carbonyl (C=O) groups is 2. The van der Waals surface area contributed by atoms with Gasteiger partial charge in [-0.3, -0.25) is 4.79 Å². The number of hydrogen-bond donors (Lipinski definition) is 1. The van der Waals surface area contributed by atoms with Crippen LogP contribution in [0.2, 0.25) is 0 Å². The minimum Gasteiger partial charge on any atom is -0.497 e. The van der Waals surface area contributed by atoms with E-state index in [1.54, 1.807) is 20.1 Å². The number of carbonyl (C=O) groups excluding carboxylic acids is 2. The van der Waals surface area contributed by atoms with Gasteiger partial charge in [0.1, 0.15) is 16.3 Å². The summed E-state index contributed by atoms with van der Waals surface area (Å²) in [5.74, 6) is 0.122. The number of benzene rings is 1. The molecule has 1 heterocycles. The van der Waals surface area contributed by atoms with E-state index in [2.05, 4.69) is 11.9 Å². The van der Waals surface area contributed by atoms with Gasteiger partial charge in [-0.2, -0.15) is 0 Å². The Bertz CT molecular complexity index is 749. The molecule has 0 bridgehead atoms. The minimum atomic E-state index is -0.450. The molecular formula is C19H21NO4S. The number of thiophene rings is 1. The highest BCUT2D eigenvalue weighted by Crippen LogP contribution is 2.37. The summed E-state index contributed by atoms with van der Waals surface area (Å²) in [6.07, 6.45) is 2.59. The van der Waals surface area contributed by atoms with Gasteiger partial charge in [-0.1, -0.05) is 18.2 Å². The molecular weight excluding hydrogens is 338 g/mol. The summed E-state index contributed by atoms with van der Waals surface area (Å²) in [4.78, 5) is 24.4. The molecule has 0 saturated heterocycles. The molecule has 0 aliphatic heterocycles.